The minimum absolute atomic E-state index is 0.101. The van der Waals surface area contributed by atoms with Crippen LogP contribution in [0.4, 0.5) is 17.3 Å². The quantitative estimate of drug-likeness (QED) is 0.213. The van der Waals surface area contributed by atoms with Gasteiger partial charge in [0, 0.05) is 75.9 Å². The van der Waals surface area contributed by atoms with Gasteiger partial charge in [0.1, 0.15) is 29.7 Å². The number of rotatable bonds is 9. The van der Waals surface area contributed by atoms with Crippen molar-refractivity contribution in [3.05, 3.63) is 101 Å². The molecule has 0 spiro atoms. The van der Waals surface area contributed by atoms with E-state index in [0.717, 1.165) is 97.7 Å². The second-order valence-corrected chi connectivity index (χ2v) is 16.0. The van der Waals surface area contributed by atoms with Crippen molar-refractivity contribution in [3.8, 4) is 11.5 Å². The highest BCUT2D eigenvalue weighted by Gasteiger charge is 2.46. The van der Waals surface area contributed by atoms with Crippen molar-refractivity contribution in [1.29, 1.82) is 0 Å². The number of piperidine rings is 2. The number of fused-ring (bicyclic) bond motifs is 2. The summed E-state index contributed by atoms with van der Waals surface area (Å²) in [6.07, 6.45) is 3.83. The number of para-hydroxylation sites is 1. The predicted octanol–water partition coefficient (Wildman–Crippen LogP) is 2.95. The maximum atomic E-state index is 13.3. The van der Waals surface area contributed by atoms with Gasteiger partial charge in [-0.3, -0.25) is 44.2 Å². The van der Waals surface area contributed by atoms with Crippen LogP contribution in [-0.4, -0.2) is 112 Å². The molecule has 4 saturated heterocycles. The lowest BCUT2D eigenvalue weighted by molar-refractivity contribution is -0.136. The Morgan fingerprint density at radius 2 is 1.53 bits per heavy atom. The smallest absolute Gasteiger partial charge is 0.262 e. The Hall–Kier alpha value is -5.90. The molecule has 0 bridgehead atoms. The summed E-state index contributed by atoms with van der Waals surface area (Å²) in [6.45, 7) is 6.97. The zero-order valence-electron chi connectivity index (χ0n) is 31.4. The van der Waals surface area contributed by atoms with Gasteiger partial charge in [0.05, 0.1) is 22.7 Å². The van der Waals surface area contributed by atoms with Gasteiger partial charge in [0.25, 0.3) is 11.8 Å². The molecule has 6 aliphatic heterocycles. The summed E-state index contributed by atoms with van der Waals surface area (Å²) >= 11 is 0. The number of hydrogen-bond acceptors (Lipinski definition) is 13. The molecule has 0 radical (unpaired) electrons. The van der Waals surface area contributed by atoms with Crippen LogP contribution in [0.1, 0.15) is 63.6 Å². The molecule has 10 rings (SSSR count). The lowest BCUT2D eigenvalue weighted by Crippen LogP contribution is -2.64. The number of ether oxygens (including phenoxy) is 1. The molecule has 3 aromatic carbocycles. The third-order valence-corrected chi connectivity index (χ3v) is 12.5. The molecular weight excluding hydrogens is 725 g/mol. The number of imide groups is 2. The Bertz CT molecular complexity index is 2240. The number of nitrogen functional groups attached to an aromatic ring is 1. The fraction of sp³-hybridized carbons (Fsp3) is 0.381. The van der Waals surface area contributed by atoms with E-state index in [4.69, 9.17) is 15.5 Å². The lowest BCUT2D eigenvalue weighted by atomic mass is 9.94. The molecule has 4 N–H and O–H groups in total. The van der Waals surface area contributed by atoms with Crippen molar-refractivity contribution >= 4 is 41.0 Å². The Labute approximate surface area is 329 Å². The molecule has 1 aromatic heterocycles. The summed E-state index contributed by atoms with van der Waals surface area (Å²) in [5.41, 5.74) is 13.7. The second kappa shape index (κ2) is 14.2. The highest BCUT2D eigenvalue weighted by molar-refractivity contribution is 6.23. The van der Waals surface area contributed by atoms with E-state index >= 15 is 0 Å². The van der Waals surface area contributed by atoms with E-state index in [1.807, 2.05) is 48.5 Å². The number of carbonyl (C=O) groups excluding carboxylic acids is 4. The van der Waals surface area contributed by atoms with Crippen LogP contribution in [0.5, 0.6) is 11.5 Å². The van der Waals surface area contributed by atoms with Crippen LogP contribution >= 0.6 is 0 Å². The van der Waals surface area contributed by atoms with Crippen molar-refractivity contribution in [3.63, 3.8) is 0 Å². The molecule has 7 heterocycles. The molecule has 4 aromatic rings. The van der Waals surface area contributed by atoms with Crippen molar-refractivity contribution in [2.24, 2.45) is 5.92 Å². The average molecular weight is 769 g/mol. The normalized spacial score (nSPS) is 23.3. The third kappa shape index (κ3) is 6.45. The van der Waals surface area contributed by atoms with E-state index in [2.05, 4.69) is 47.6 Å². The summed E-state index contributed by atoms with van der Waals surface area (Å²) in [4.78, 5) is 67.9. The van der Waals surface area contributed by atoms with E-state index < -0.39 is 23.8 Å². The van der Waals surface area contributed by atoms with Gasteiger partial charge in [-0.1, -0.05) is 30.3 Å². The maximum absolute atomic E-state index is 13.3. The van der Waals surface area contributed by atoms with Gasteiger partial charge in [0.2, 0.25) is 11.8 Å². The van der Waals surface area contributed by atoms with Gasteiger partial charge < -0.3 is 15.4 Å². The molecule has 0 aliphatic carbocycles. The zero-order valence-corrected chi connectivity index (χ0v) is 31.4. The Morgan fingerprint density at radius 1 is 0.789 bits per heavy atom. The van der Waals surface area contributed by atoms with Crippen LogP contribution in [0.15, 0.2) is 79.1 Å². The van der Waals surface area contributed by atoms with Crippen LogP contribution in [-0.2, 0) is 9.59 Å². The molecule has 2 atom stereocenters. The summed E-state index contributed by atoms with van der Waals surface area (Å²) in [6, 6.07) is 22.9. The molecule has 57 heavy (non-hydrogen) atoms. The van der Waals surface area contributed by atoms with Crippen LogP contribution in [0.2, 0.25) is 0 Å². The zero-order chi connectivity index (χ0) is 38.8. The first-order valence-corrected chi connectivity index (χ1v) is 19.8. The number of nitrogens with zero attached hydrogens (tertiary/aromatic N) is 7. The average Bonchev–Trinajstić information content (AvgIpc) is 3.70. The van der Waals surface area contributed by atoms with E-state index in [9.17, 15) is 19.2 Å². The number of aromatic nitrogens is 2. The van der Waals surface area contributed by atoms with Crippen molar-refractivity contribution in [2.45, 2.75) is 49.9 Å². The van der Waals surface area contributed by atoms with E-state index in [-0.39, 0.29) is 30.8 Å². The Kier molecular flexibility index (Phi) is 8.87. The topological polar surface area (TPSA) is 170 Å². The highest BCUT2D eigenvalue weighted by Crippen LogP contribution is 2.41. The number of hydrogen-bond donors (Lipinski definition) is 3. The third-order valence-electron chi connectivity index (χ3n) is 12.5. The summed E-state index contributed by atoms with van der Waals surface area (Å²) in [5.74, 6) is 1.50. The van der Waals surface area contributed by atoms with E-state index in [1.165, 1.54) is 0 Å². The predicted molar refractivity (Wildman–Crippen MR) is 210 cm³/mol. The first-order valence-electron chi connectivity index (χ1n) is 19.8. The molecule has 0 saturated carbocycles. The number of hydrazine groups is 1. The number of benzene rings is 3. The largest absolute Gasteiger partial charge is 0.457 e. The monoisotopic (exact) mass is 768 g/mol. The minimum atomic E-state index is -0.961. The SMILES string of the molecule is Nc1ncnc2c1C(c1ccc(Oc3ccccc3)cc1)NN2C1CCN(C2CN(CC3CN(c4ccc5c(c4)C(=O)N(C4CCC(=O)NC4=O)C5=O)C3)C2)CC1. The van der Waals surface area contributed by atoms with Gasteiger partial charge in [-0.2, -0.15) is 0 Å². The van der Waals surface area contributed by atoms with Crippen LogP contribution in [0, 0.1) is 5.92 Å². The van der Waals surface area contributed by atoms with Gasteiger partial charge in [-0.25, -0.2) is 15.4 Å². The van der Waals surface area contributed by atoms with Gasteiger partial charge in [-0.15, -0.1) is 0 Å². The van der Waals surface area contributed by atoms with Crippen molar-refractivity contribution in [1.82, 2.24) is 35.4 Å². The summed E-state index contributed by atoms with van der Waals surface area (Å²) in [5, 5.41) is 4.47. The van der Waals surface area contributed by atoms with Crippen LogP contribution in [0.25, 0.3) is 0 Å². The summed E-state index contributed by atoms with van der Waals surface area (Å²) in [7, 11) is 0. The van der Waals surface area contributed by atoms with Crippen molar-refractivity contribution in [2.75, 3.05) is 61.5 Å². The molecule has 4 fully saturated rings. The number of carbonyl (C=O) groups is 4. The van der Waals surface area contributed by atoms with E-state index in [0.29, 0.717) is 28.9 Å². The van der Waals surface area contributed by atoms with Crippen LogP contribution in [0.3, 0.4) is 0 Å². The van der Waals surface area contributed by atoms with Gasteiger partial charge >= 0.3 is 0 Å². The van der Waals surface area contributed by atoms with E-state index in [1.54, 1.807) is 18.5 Å². The Morgan fingerprint density at radius 3 is 2.28 bits per heavy atom. The first-order chi connectivity index (χ1) is 27.8. The van der Waals surface area contributed by atoms with Gasteiger partial charge in [0.15, 0.2) is 5.82 Å². The molecule has 4 amide bonds. The molecule has 292 valence electrons. The number of amides is 4. The summed E-state index contributed by atoms with van der Waals surface area (Å²) < 4.78 is 6.02. The molecular formula is C42H44N10O5. The van der Waals surface area contributed by atoms with Crippen LogP contribution < -0.4 is 31.1 Å². The standard InChI is InChI=1S/C42H44N10O5/c43-38-36-37(26-6-9-31(10-7-26)57-30-4-2-1-3-5-30)47-52(39(36)45-24-44-38)27-14-16-49(17-15-27)29-22-48(23-29)19-25-20-50(21-25)28-8-11-32-33(18-28)42(56)51(41(32)55)34-12-13-35(53)46-40(34)54/h1-11,18,24-25,27,29,34,37,47H,12-17,19-23H2,(H2,43,44,45)(H,46,53,54). The molecule has 6 aliphatic rings. The second-order valence-electron chi connectivity index (χ2n) is 16.0. The number of likely N-dealkylation sites (tertiary alicyclic amines) is 2. The number of anilines is 3. The molecule has 15 heteroatoms. The molecule has 15 nitrogen and oxygen atoms in total. The molecule has 2 unspecified atom stereocenters. The number of nitrogens with two attached hydrogens (primary N) is 1. The fourth-order valence-corrected chi connectivity index (χ4v) is 9.35. The van der Waals surface area contributed by atoms with Crippen molar-refractivity contribution < 1.29 is 23.9 Å². The number of nitrogens with one attached hydrogen (secondary N) is 2. The fourth-order valence-electron chi connectivity index (χ4n) is 9.35. The Balaban J connectivity index is 0.697. The maximum Gasteiger partial charge on any atom is 0.262 e. The first kappa shape index (κ1) is 35.5. The highest BCUT2D eigenvalue weighted by atomic mass is 16.5. The minimum Gasteiger partial charge on any atom is -0.457 e. The lowest BCUT2D eigenvalue weighted by Gasteiger charge is -2.51. The van der Waals surface area contributed by atoms with Gasteiger partial charge in [-0.05, 0) is 67.3 Å².